The summed E-state index contributed by atoms with van der Waals surface area (Å²) >= 11 is 0. The van der Waals surface area contributed by atoms with Crippen LogP contribution in [0, 0.1) is 5.92 Å². The number of carbonyl (C=O) groups is 2. The molecule has 3 N–H and O–H groups in total. The molecule has 1 aliphatic heterocycles. The van der Waals surface area contributed by atoms with Crippen molar-refractivity contribution in [1.29, 1.82) is 0 Å². The van der Waals surface area contributed by atoms with E-state index >= 15 is 0 Å². The van der Waals surface area contributed by atoms with E-state index < -0.39 is 24.9 Å². The number of amides is 2. The molecule has 1 aromatic carbocycles. The Balaban J connectivity index is 1.33. The van der Waals surface area contributed by atoms with Crippen molar-refractivity contribution in [2.45, 2.75) is 63.8 Å². The molecule has 2 amide bonds. The van der Waals surface area contributed by atoms with E-state index in [-0.39, 0.29) is 47.3 Å². The van der Waals surface area contributed by atoms with Gasteiger partial charge in [0.25, 0.3) is 5.91 Å². The molecule has 0 radical (unpaired) electrons. The second-order valence-electron chi connectivity index (χ2n) is 9.80. The third kappa shape index (κ3) is 6.30. The number of nitrogens with one attached hydrogen (secondary N) is 1. The molecule has 2 aliphatic carbocycles. The zero-order valence-electron chi connectivity index (χ0n) is 20.5. The van der Waals surface area contributed by atoms with Gasteiger partial charge < -0.3 is 34.6 Å². The third-order valence-corrected chi connectivity index (χ3v) is 6.45. The fourth-order valence-corrected chi connectivity index (χ4v) is 4.09. The number of alkyl carbamates (subject to hydrolysis) is 1. The van der Waals surface area contributed by atoms with E-state index in [2.05, 4.69) is 15.0 Å². The van der Waals surface area contributed by atoms with E-state index in [1.807, 2.05) is 0 Å². The molecule has 0 spiro atoms. The molecule has 0 bridgehead atoms. The van der Waals surface area contributed by atoms with Gasteiger partial charge in [-0.05, 0) is 56.7 Å². The number of aromatic nitrogens is 1. The summed E-state index contributed by atoms with van der Waals surface area (Å²) in [6.07, 6.45) is 3.59. The van der Waals surface area contributed by atoms with Crippen LogP contribution in [0.25, 0.3) is 11.5 Å². The fraction of sp³-hybridized carbons (Fsp3) is 0.560. The van der Waals surface area contributed by atoms with Gasteiger partial charge in [-0.2, -0.15) is 8.78 Å². The van der Waals surface area contributed by atoms with Crippen molar-refractivity contribution in [1.82, 2.24) is 15.2 Å². The van der Waals surface area contributed by atoms with E-state index in [0.717, 1.165) is 25.7 Å². The standard InChI is InChI=1S/C25H30F2N4O6/c1-13(28)21-20(23(32)31-9-8-17(11-31)35-25(33)29-16-5-6-16)30-22(37-21)15-4-7-18(36-24(26)27)19(10-15)34-12-14-2-3-14/h4,7,10,13-14,16-17,24H,2-3,5-6,8-9,11-12,28H2,1H3,(H,29,33)/t13-,17?/m0/s1. The molecule has 2 atom stereocenters. The molecule has 2 saturated carbocycles. The number of halogens is 2. The van der Waals surface area contributed by atoms with Crippen molar-refractivity contribution < 1.29 is 37.0 Å². The maximum absolute atomic E-state index is 13.3. The highest BCUT2D eigenvalue weighted by Crippen LogP contribution is 2.37. The number of likely N-dealkylation sites (tertiary alicyclic amines) is 1. The van der Waals surface area contributed by atoms with Gasteiger partial charge in [0.2, 0.25) is 5.89 Å². The Hall–Kier alpha value is -3.41. The molecule has 3 aliphatic rings. The minimum atomic E-state index is -3.00. The number of ether oxygens (including phenoxy) is 3. The lowest BCUT2D eigenvalue weighted by molar-refractivity contribution is -0.0515. The molecule has 2 heterocycles. The Morgan fingerprint density at radius 1 is 1.22 bits per heavy atom. The number of benzene rings is 1. The Labute approximate surface area is 212 Å². The summed E-state index contributed by atoms with van der Waals surface area (Å²) in [5, 5.41) is 2.77. The topological polar surface area (TPSA) is 129 Å². The molecule has 3 fully saturated rings. The summed E-state index contributed by atoms with van der Waals surface area (Å²) in [6, 6.07) is 3.92. The van der Waals surface area contributed by atoms with Crippen LogP contribution in [0.1, 0.15) is 61.3 Å². The molecule has 1 saturated heterocycles. The highest BCUT2D eigenvalue weighted by atomic mass is 19.3. The Morgan fingerprint density at radius 2 is 2.00 bits per heavy atom. The van der Waals surface area contributed by atoms with E-state index in [0.29, 0.717) is 31.1 Å². The van der Waals surface area contributed by atoms with Crippen LogP contribution in [-0.4, -0.2) is 60.3 Å². The highest BCUT2D eigenvalue weighted by Gasteiger charge is 2.34. The summed E-state index contributed by atoms with van der Waals surface area (Å²) in [7, 11) is 0. The molecule has 10 nitrogen and oxygen atoms in total. The molecule has 5 rings (SSSR count). The van der Waals surface area contributed by atoms with Gasteiger partial charge in [0, 0.05) is 24.6 Å². The number of nitrogens with zero attached hydrogens (tertiary/aromatic N) is 2. The lowest BCUT2D eigenvalue weighted by atomic mass is 10.2. The van der Waals surface area contributed by atoms with Crippen LogP contribution in [0.4, 0.5) is 13.6 Å². The first kappa shape index (κ1) is 25.2. The predicted octanol–water partition coefficient (Wildman–Crippen LogP) is 3.85. The van der Waals surface area contributed by atoms with E-state index in [4.69, 9.17) is 19.6 Å². The number of nitrogens with two attached hydrogens (primary N) is 1. The maximum Gasteiger partial charge on any atom is 0.407 e. The number of hydrogen-bond acceptors (Lipinski definition) is 8. The van der Waals surface area contributed by atoms with Gasteiger partial charge in [-0.1, -0.05) is 0 Å². The maximum atomic E-state index is 13.3. The summed E-state index contributed by atoms with van der Waals surface area (Å²) in [6.45, 7) is -0.322. The zero-order chi connectivity index (χ0) is 26.1. The van der Waals surface area contributed by atoms with Crippen molar-refractivity contribution >= 4 is 12.0 Å². The summed E-state index contributed by atoms with van der Waals surface area (Å²) in [5.74, 6) is 0.354. The summed E-state index contributed by atoms with van der Waals surface area (Å²) < 4.78 is 47.4. The van der Waals surface area contributed by atoms with E-state index in [1.165, 1.54) is 18.2 Å². The van der Waals surface area contributed by atoms with Gasteiger partial charge in [-0.15, -0.1) is 0 Å². The van der Waals surface area contributed by atoms with Crippen LogP contribution >= 0.6 is 0 Å². The summed E-state index contributed by atoms with van der Waals surface area (Å²) in [4.78, 5) is 31.2. The predicted molar refractivity (Wildman–Crippen MR) is 126 cm³/mol. The van der Waals surface area contributed by atoms with Crippen LogP contribution in [0.2, 0.25) is 0 Å². The van der Waals surface area contributed by atoms with Crippen molar-refractivity contribution in [3.63, 3.8) is 0 Å². The first-order valence-electron chi connectivity index (χ1n) is 12.5. The van der Waals surface area contributed by atoms with Gasteiger partial charge in [0.05, 0.1) is 19.2 Å². The normalized spacial score (nSPS) is 20.1. The van der Waals surface area contributed by atoms with Crippen molar-refractivity contribution in [2.24, 2.45) is 11.7 Å². The van der Waals surface area contributed by atoms with Crippen molar-refractivity contribution in [3.05, 3.63) is 29.7 Å². The first-order chi connectivity index (χ1) is 17.8. The van der Waals surface area contributed by atoms with Gasteiger partial charge in [-0.25, -0.2) is 9.78 Å². The Morgan fingerprint density at radius 3 is 2.68 bits per heavy atom. The van der Waals surface area contributed by atoms with Crippen LogP contribution in [0.3, 0.4) is 0 Å². The monoisotopic (exact) mass is 520 g/mol. The lowest BCUT2D eigenvalue weighted by Crippen LogP contribution is -2.34. The SMILES string of the molecule is C[C@H](N)c1oc(-c2ccc(OC(F)F)c(OCC3CC3)c2)nc1C(=O)N1CCC(OC(=O)NC2CC2)C1. The number of rotatable bonds is 10. The average molecular weight is 521 g/mol. The highest BCUT2D eigenvalue weighted by molar-refractivity contribution is 5.94. The average Bonchev–Trinajstić information content (AvgIpc) is 3.76. The Kier molecular flexibility index (Phi) is 7.18. The van der Waals surface area contributed by atoms with Gasteiger partial charge in [0.1, 0.15) is 6.10 Å². The largest absolute Gasteiger partial charge is 0.489 e. The lowest BCUT2D eigenvalue weighted by Gasteiger charge is -2.16. The molecule has 1 aromatic heterocycles. The van der Waals surface area contributed by atoms with Gasteiger partial charge >= 0.3 is 12.7 Å². The van der Waals surface area contributed by atoms with E-state index in [9.17, 15) is 18.4 Å². The van der Waals surface area contributed by atoms with Gasteiger partial charge in [0.15, 0.2) is 23.0 Å². The molecule has 2 aromatic rings. The molecule has 1 unspecified atom stereocenters. The number of carbonyl (C=O) groups excluding carboxylic acids is 2. The number of alkyl halides is 2. The number of oxazole rings is 1. The first-order valence-corrected chi connectivity index (χ1v) is 12.5. The summed E-state index contributed by atoms with van der Waals surface area (Å²) in [5.41, 5.74) is 6.56. The minimum Gasteiger partial charge on any atom is -0.489 e. The second kappa shape index (κ2) is 10.5. The van der Waals surface area contributed by atoms with Crippen LogP contribution in [0.15, 0.2) is 22.6 Å². The molecule has 200 valence electrons. The van der Waals surface area contributed by atoms with Crippen LogP contribution < -0.4 is 20.5 Å². The molecular weight excluding hydrogens is 490 g/mol. The molecule has 37 heavy (non-hydrogen) atoms. The molecular formula is C25H30F2N4O6. The van der Waals surface area contributed by atoms with Gasteiger partial charge in [-0.3, -0.25) is 4.79 Å². The fourth-order valence-electron chi connectivity index (χ4n) is 4.09. The quantitative estimate of drug-likeness (QED) is 0.483. The van der Waals surface area contributed by atoms with Crippen LogP contribution in [-0.2, 0) is 4.74 Å². The number of hydrogen-bond donors (Lipinski definition) is 2. The third-order valence-electron chi connectivity index (χ3n) is 6.45. The second-order valence-corrected chi connectivity index (χ2v) is 9.80. The van der Waals surface area contributed by atoms with Crippen molar-refractivity contribution in [3.8, 4) is 23.0 Å². The smallest absolute Gasteiger partial charge is 0.407 e. The zero-order valence-corrected chi connectivity index (χ0v) is 20.5. The molecule has 12 heteroatoms. The van der Waals surface area contributed by atoms with Crippen LogP contribution in [0.5, 0.6) is 11.5 Å². The Bertz CT molecular complexity index is 1150. The van der Waals surface area contributed by atoms with Crippen molar-refractivity contribution in [2.75, 3.05) is 19.7 Å². The van der Waals surface area contributed by atoms with E-state index in [1.54, 1.807) is 11.8 Å². The minimum absolute atomic E-state index is 0.0569.